The maximum Gasteiger partial charge on any atom is 0.264 e. The van der Waals surface area contributed by atoms with Gasteiger partial charge in [0.1, 0.15) is 5.78 Å². The summed E-state index contributed by atoms with van der Waals surface area (Å²) in [6.45, 7) is 1.59. The zero-order valence-corrected chi connectivity index (χ0v) is 8.38. The fraction of sp³-hybridized carbons (Fsp3) is 0.857. The van der Waals surface area contributed by atoms with E-state index in [1.54, 1.807) is 6.92 Å². The Bertz CT molecular complexity index is 258. The van der Waals surface area contributed by atoms with E-state index in [1.165, 1.54) is 0 Å². The number of rotatable bonds is 6. The van der Waals surface area contributed by atoms with Gasteiger partial charge in [0.15, 0.2) is 0 Å². The van der Waals surface area contributed by atoms with Crippen molar-refractivity contribution in [2.75, 3.05) is 5.75 Å². The third kappa shape index (κ3) is 7.89. The van der Waals surface area contributed by atoms with Crippen molar-refractivity contribution in [2.24, 2.45) is 5.73 Å². The highest BCUT2D eigenvalue weighted by Gasteiger charge is 2.08. The average molecular weight is 209 g/mol. The van der Waals surface area contributed by atoms with E-state index < -0.39 is 16.2 Å². The number of ketones is 1. The van der Waals surface area contributed by atoms with Crippen molar-refractivity contribution in [3.8, 4) is 0 Å². The Hall–Kier alpha value is -0.460. The van der Waals surface area contributed by atoms with Crippen LogP contribution in [-0.4, -0.2) is 30.5 Å². The minimum atomic E-state index is -3.88. The summed E-state index contributed by atoms with van der Waals surface area (Å²) in [7, 11) is -3.88. The molecule has 0 aromatic carbocycles. The number of hydrogen-bond acceptors (Lipinski definition) is 4. The van der Waals surface area contributed by atoms with Crippen molar-refractivity contribution in [3.05, 3.63) is 0 Å². The second-order valence-corrected chi connectivity index (χ2v) is 4.57. The van der Waals surface area contributed by atoms with Crippen LogP contribution in [0.2, 0.25) is 0 Å². The summed E-state index contributed by atoms with van der Waals surface area (Å²) in [6.07, 6.45) is 1.00. The molecule has 5 nitrogen and oxygen atoms in total. The highest BCUT2D eigenvalue weighted by atomic mass is 32.2. The maximum absolute atomic E-state index is 10.9. The second-order valence-electron chi connectivity index (χ2n) is 3.00. The number of Topliss-reactive ketones (excluding diaryl/α,β-unsaturated/α-hetero) is 1. The first-order valence-electron chi connectivity index (χ1n) is 4.06. The molecule has 0 unspecified atom stereocenters. The minimum Gasteiger partial charge on any atom is -0.322 e. The molecular formula is C7H15NO4S. The van der Waals surface area contributed by atoms with Gasteiger partial charge in [0, 0.05) is 6.42 Å². The first-order chi connectivity index (χ1) is 5.83. The highest BCUT2D eigenvalue weighted by molar-refractivity contribution is 7.85. The van der Waals surface area contributed by atoms with Crippen molar-refractivity contribution in [1.82, 2.24) is 0 Å². The first-order valence-corrected chi connectivity index (χ1v) is 5.67. The van der Waals surface area contributed by atoms with E-state index in [0.29, 0.717) is 6.42 Å². The molecule has 0 radical (unpaired) electrons. The van der Waals surface area contributed by atoms with E-state index in [0.717, 1.165) is 0 Å². The van der Waals surface area contributed by atoms with Gasteiger partial charge in [-0.05, 0) is 19.8 Å². The summed E-state index contributed by atoms with van der Waals surface area (Å²) in [5, 5.41) is 0. The van der Waals surface area contributed by atoms with Crippen LogP contribution in [0.1, 0.15) is 26.2 Å². The summed E-state index contributed by atoms with van der Waals surface area (Å²) in [6, 6.07) is -0.495. The molecule has 0 saturated carbocycles. The number of hydrogen-bond donors (Lipinski definition) is 2. The molecule has 0 bridgehead atoms. The van der Waals surface area contributed by atoms with Crippen LogP contribution in [0.25, 0.3) is 0 Å². The summed E-state index contributed by atoms with van der Waals surface area (Å²) < 4.78 is 28.9. The lowest BCUT2D eigenvalue weighted by Gasteiger charge is -2.02. The van der Waals surface area contributed by atoms with Crippen LogP contribution in [0.5, 0.6) is 0 Å². The quantitative estimate of drug-likeness (QED) is 0.472. The van der Waals surface area contributed by atoms with Gasteiger partial charge >= 0.3 is 0 Å². The highest BCUT2D eigenvalue weighted by Crippen LogP contribution is 2.00. The lowest BCUT2D eigenvalue weighted by Crippen LogP contribution is -2.26. The summed E-state index contributed by atoms with van der Waals surface area (Å²) in [4.78, 5) is 10.9. The summed E-state index contributed by atoms with van der Waals surface area (Å²) in [5.41, 5.74) is 5.29. The third-order valence-electron chi connectivity index (χ3n) is 1.58. The Balaban J connectivity index is 3.53. The lowest BCUT2D eigenvalue weighted by atomic mass is 10.1. The molecule has 0 aliphatic heterocycles. The van der Waals surface area contributed by atoms with Crippen molar-refractivity contribution in [2.45, 2.75) is 32.2 Å². The number of carbonyl (C=O) groups is 1. The van der Waals surface area contributed by atoms with Gasteiger partial charge in [-0.15, -0.1) is 0 Å². The summed E-state index contributed by atoms with van der Waals surface area (Å²) >= 11 is 0. The second kappa shape index (κ2) is 5.31. The van der Waals surface area contributed by atoms with Crippen molar-refractivity contribution in [1.29, 1.82) is 0 Å². The van der Waals surface area contributed by atoms with Crippen molar-refractivity contribution >= 4 is 15.9 Å². The van der Waals surface area contributed by atoms with E-state index in [4.69, 9.17) is 10.3 Å². The van der Waals surface area contributed by atoms with E-state index in [2.05, 4.69) is 0 Å². The van der Waals surface area contributed by atoms with Gasteiger partial charge in [0.05, 0.1) is 11.8 Å². The number of carbonyl (C=O) groups excluding carboxylic acids is 1. The zero-order chi connectivity index (χ0) is 10.5. The summed E-state index contributed by atoms with van der Waals surface area (Å²) in [5.74, 6) is -0.380. The average Bonchev–Trinajstić information content (AvgIpc) is 1.95. The largest absolute Gasteiger partial charge is 0.322 e. The Kier molecular flexibility index (Phi) is 5.12. The van der Waals surface area contributed by atoms with E-state index >= 15 is 0 Å². The maximum atomic E-state index is 10.9. The van der Waals surface area contributed by atoms with E-state index in [9.17, 15) is 13.2 Å². The number of unbranched alkanes of at least 4 members (excludes halogenated alkanes) is 1. The van der Waals surface area contributed by atoms with Crippen LogP contribution in [0.4, 0.5) is 0 Å². The molecule has 0 saturated heterocycles. The zero-order valence-electron chi connectivity index (χ0n) is 7.56. The Morgan fingerprint density at radius 1 is 1.46 bits per heavy atom. The smallest absolute Gasteiger partial charge is 0.264 e. The molecule has 0 spiro atoms. The van der Waals surface area contributed by atoms with E-state index in [-0.39, 0.29) is 24.4 Å². The van der Waals surface area contributed by atoms with Crippen molar-refractivity contribution < 1.29 is 17.8 Å². The van der Waals surface area contributed by atoms with Crippen LogP contribution in [0.3, 0.4) is 0 Å². The molecule has 0 aliphatic carbocycles. The van der Waals surface area contributed by atoms with Gasteiger partial charge in [-0.1, -0.05) is 0 Å². The Labute approximate surface area is 78.1 Å². The molecule has 0 amide bonds. The third-order valence-corrected chi connectivity index (χ3v) is 2.39. The van der Waals surface area contributed by atoms with Crippen LogP contribution in [0, 0.1) is 0 Å². The molecule has 0 aromatic heterocycles. The van der Waals surface area contributed by atoms with Gasteiger partial charge < -0.3 is 5.73 Å². The van der Waals surface area contributed by atoms with Gasteiger partial charge in [-0.2, -0.15) is 8.42 Å². The standard InChI is InChI=1S/C7H15NO4S/c1-6(8)7(9)4-2-3-5-13(10,11)12/h6H,2-5,8H2,1H3,(H,10,11,12)/t6-/m0/s1. The minimum absolute atomic E-state index is 0.0877. The Morgan fingerprint density at radius 3 is 2.38 bits per heavy atom. The molecule has 0 aliphatic rings. The van der Waals surface area contributed by atoms with Gasteiger partial charge in [0.25, 0.3) is 10.1 Å². The van der Waals surface area contributed by atoms with Gasteiger partial charge in [-0.3, -0.25) is 9.35 Å². The molecule has 6 heteroatoms. The topological polar surface area (TPSA) is 97.5 Å². The molecule has 0 aromatic rings. The normalized spacial score (nSPS) is 14.1. The molecule has 13 heavy (non-hydrogen) atoms. The van der Waals surface area contributed by atoms with Crippen LogP contribution < -0.4 is 5.73 Å². The monoisotopic (exact) mass is 209 g/mol. The number of nitrogens with two attached hydrogens (primary N) is 1. The molecule has 78 valence electrons. The first kappa shape index (κ1) is 12.5. The van der Waals surface area contributed by atoms with Crippen LogP contribution >= 0.6 is 0 Å². The molecule has 0 rings (SSSR count). The predicted molar refractivity (Wildman–Crippen MR) is 48.9 cm³/mol. The molecule has 1 atom stereocenters. The van der Waals surface area contributed by atoms with Gasteiger partial charge in [-0.25, -0.2) is 0 Å². The fourth-order valence-corrected chi connectivity index (χ4v) is 1.38. The molecule has 0 heterocycles. The predicted octanol–water partition coefficient (Wildman–Crippen LogP) is -0.0392. The SMILES string of the molecule is C[C@H](N)C(=O)CCCCS(=O)(=O)O. The Morgan fingerprint density at radius 2 is 2.00 bits per heavy atom. The fourth-order valence-electron chi connectivity index (χ4n) is 0.811. The van der Waals surface area contributed by atoms with Crippen molar-refractivity contribution in [3.63, 3.8) is 0 Å². The van der Waals surface area contributed by atoms with Crippen LogP contribution in [-0.2, 0) is 14.9 Å². The van der Waals surface area contributed by atoms with Crippen LogP contribution in [0.15, 0.2) is 0 Å². The van der Waals surface area contributed by atoms with E-state index in [1.807, 2.05) is 0 Å². The molecular weight excluding hydrogens is 194 g/mol. The van der Waals surface area contributed by atoms with Gasteiger partial charge in [0.2, 0.25) is 0 Å². The lowest BCUT2D eigenvalue weighted by molar-refractivity contribution is -0.120. The molecule has 0 fully saturated rings. The molecule has 3 N–H and O–H groups in total.